The number of halogens is 1. The van der Waals surface area contributed by atoms with Gasteiger partial charge in [0.15, 0.2) is 0 Å². The summed E-state index contributed by atoms with van der Waals surface area (Å²) in [5.41, 5.74) is 2.71. The van der Waals surface area contributed by atoms with Crippen LogP contribution in [0.25, 0.3) is 0 Å². The van der Waals surface area contributed by atoms with Crippen LogP contribution < -0.4 is 9.80 Å². The van der Waals surface area contributed by atoms with E-state index in [1.54, 1.807) is 31.3 Å². The second kappa shape index (κ2) is 10.4. The van der Waals surface area contributed by atoms with Gasteiger partial charge in [0.25, 0.3) is 5.91 Å². The second-order valence-electron chi connectivity index (χ2n) is 13.2. The fourth-order valence-electron chi connectivity index (χ4n) is 6.00. The Labute approximate surface area is 247 Å². The summed E-state index contributed by atoms with van der Waals surface area (Å²) in [6.45, 7) is 16.1. The molecule has 0 aliphatic carbocycles. The molecule has 0 radical (unpaired) electrons. The number of pyridine rings is 2. The summed E-state index contributed by atoms with van der Waals surface area (Å²) in [5, 5.41) is 0. The van der Waals surface area contributed by atoms with Gasteiger partial charge in [-0.2, -0.15) is 0 Å². The van der Waals surface area contributed by atoms with Crippen LogP contribution in [0.4, 0.5) is 21.6 Å². The number of aromatic nitrogens is 2. The van der Waals surface area contributed by atoms with E-state index < -0.39 is 11.0 Å². The Morgan fingerprint density at radius 3 is 2.36 bits per heavy atom. The van der Waals surface area contributed by atoms with Gasteiger partial charge in [-0.3, -0.25) is 9.59 Å². The zero-order valence-electron chi connectivity index (χ0n) is 25.8. The molecule has 9 heteroatoms. The predicted molar refractivity (Wildman–Crippen MR) is 162 cm³/mol. The minimum atomic E-state index is -0.796. The number of carbonyl (C=O) groups is 2. The highest BCUT2D eigenvalue weighted by Crippen LogP contribution is 2.43. The minimum absolute atomic E-state index is 0.110. The highest BCUT2D eigenvalue weighted by atomic mass is 19.1. The number of benzene rings is 1. The highest BCUT2D eigenvalue weighted by Gasteiger charge is 2.41. The van der Waals surface area contributed by atoms with E-state index in [1.807, 2.05) is 43.0 Å². The maximum absolute atomic E-state index is 14.4. The molecule has 0 atom stereocenters. The van der Waals surface area contributed by atoms with Crippen molar-refractivity contribution >= 4 is 29.1 Å². The van der Waals surface area contributed by atoms with E-state index in [0.717, 1.165) is 28.5 Å². The van der Waals surface area contributed by atoms with E-state index in [1.165, 1.54) is 7.11 Å². The third kappa shape index (κ3) is 5.10. The molecular formula is C33H40FN5O3. The van der Waals surface area contributed by atoms with Crippen molar-refractivity contribution in [3.8, 4) is 0 Å². The number of fused-ring (bicyclic) bond motifs is 1. The van der Waals surface area contributed by atoms with Gasteiger partial charge in [-0.25, -0.2) is 14.4 Å². The minimum Gasteiger partial charge on any atom is -0.468 e. The number of esters is 1. The number of piperazine rings is 1. The summed E-state index contributed by atoms with van der Waals surface area (Å²) in [6, 6.07) is 12.8. The fraction of sp³-hybridized carbons (Fsp3) is 0.455. The molecule has 2 aromatic heterocycles. The Morgan fingerprint density at radius 2 is 1.74 bits per heavy atom. The predicted octanol–water partition coefficient (Wildman–Crippen LogP) is 5.55. The van der Waals surface area contributed by atoms with Crippen molar-refractivity contribution in [3.05, 3.63) is 77.0 Å². The summed E-state index contributed by atoms with van der Waals surface area (Å²) >= 11 is 0. The molecule has 0 spiro atoms. The quantitative estimate of drug-likeness (QED) is 0.371. The van der Waals surface area contributed by atoms with E-state index in [0.29, 0.717) is 37.4 Å². The lowest BCUT2D eigenvalue weighted by Crippen LogP contribution is -2.61. The molecule has 5 rings (SSSR count). The van der Waals surface area contributed by atoms with Gasteiger partial charge in [0.1, 0.15) is 17.3 Å². The van der Waals surface area contributed by atoms with Gasteiger partial charge in [-0.15, -0.1) is 0 Å². The molecule has 1 amide bonds. The summed E-state index contributed by atoms with van der Waals surface area (Å²) in [6.07, 6.45) is 1.72. The average molecular weight is 574 g/mol. The van der Waals surface area contributed by atoms with E-state index in [-0.39, 0.29) is 23.1 Å². The van der Waals surface area contributed by atoms with Crippen molar-refractivity contribution in [2.75, 3.05) is 43.1 Å². The number of nitrogens with zero attached hydrogens (tertiary/aromatic N) is 5. The number of ether oxygens (including phenoxy) is 1. The van der Waals surface area contributed by atoms with Gasteiger partial charge in [-0.05, 0) is 76.1 Å². The molecule has 2 aliphatic rings. The Kier molecular flexibility index (Phi) is 7.28. The average Bonchev–Trinajstić information content (AvgIpc) is 3.23. The maximum atomic E-state index is 14.4. The number of hydrogen-bond donors (Lipinski definition) is 0. The van der Waals surface area contributed by atoms with Crippen LogP contribution in [0.2, 0.25) is 0 Å². The molecule has 4 heterocycles. The first-order valence-electron chi connectivity index (χ1n) is 14.3. The van der Waals surface area contributed by atoms with Gasteiger partial charge in [-0.1, -0.05) is 26.0 Å². The molecule has 8 nitrogen and oxygen atoms in total. The van der Waals surface area contributed by atoms with Crippen LogP contribution >= 0.6 is 0 Å². The van der Waals surface area contributed by atoms with Crippen molar-refractivity contribution in [2.45, 2.75) is 64.8 Å². The van der Waals surface area contributed by atoms with E-state index in [2.05, 4.69) is 42.5 Å². The van der Waals surface area contributed by atoms with Gasteiger partial charge in [0.2, 0.25) is 0 Å². The molecule has 1 aromatic carbocycles. The van der Waals surface area contributed by atoms with Crippen molar-refractivity contribution < 1.29 is 18.7 Å². The number of anilines is 3. The smallest absolute Gasteiger partial charge is 0.315 e. The molecule has 0 unspecified atom stereocenters. The summed E-state index contributed by atoms with van der Waals surface area (Å²) in [4.78, 5) is 41.8. The van der Waals surface area contributed by atoms with Gasteiger partial charge < -0.3 is 19.4 Å². The SMILES string of the molecule is COC(=O)C(C)(C)c1ccc(N2CCN(C(=O)c3ccc4c(n3)C(C)(C)CN4c3ccc(C)c(F)c3)C(C)(C)C2)nc1. The molecule has 1 fully saturated rings. The number of rotatable bonds is 5. The Balaban J connectivity index is 1.34. The number of amides is 1. The molecule has 1 saturated heterocycles. The molecule has 0 N–H and O–H groups in total. The molecule has 0 bridgehead atoms. The third-order valence-corrected chi connectivity index (χ3v) is 8.68. The highest BCUT2D eigenvalue weighted by molar-refractivity contribution is 5.94. The number of methoxy groups -OCH3 is 1. The lowest BCUT2D eigenvalue weighted by Gasteiger charge is -2.47. The molecule has 2 aliphatic heterocycles. The number of aryl methyl sites for hydroxylation is 1. The Morgan fingerprint density at radius 1 is 1.00 bits per heavy atom. The first-order valence-corrected chi connectivity index (χ1v) is 14.3. The first kappa shape index (κ1) is 29.5. The zero-order chi connectivity index (χ0) is 30.6. The molecule has 222 valence electrons. The van der Waals surface area contributed by atoms with Gasteiger partial charge >= 0.3 is 5.97 Å². The lowest BCUT2D eigenvalue weighted by atomic mass is 9.86. The van der Waals surface area contributed by atoms with E-state index in [9.17, 15) is 14.0 Å². The van der Waals surface area contributed by atoms with Crippen LogP contribution in [0.1, 0.15) is 68.9 Å². The van der Waals surface area contributed by atoms with Crippen LogP contribution in [0, 0.1) is 12.7 Å². The van der Waals surface area contributed by atoms with Gasteiger partial charge in [0.05, 0.1) is 29.4 Å². The summed E-state index contributed by atoms with van der Waals surface area (Å²) < 4.78 is 19.3. The summed E-state index contributed by atoms with van der Waals surface area (Å²) in [5.74, 6) is 0.132. The zero-order valence-corrected chi connectivity index (χ0v) is 25.8. The number of hydrogen-bond acceptors (Lipinski definition) is 7. The fourth-order valence-corrected chi connectivity index (χ4v) is 6.00. The Hall–Kier alpha value is -4.01. The molecule has 3 aromatic rings. The second-order valence-corrected chi connectivity index (χ2v) is 13.2. The van der Waals surface area contributed by atoms with Crippen molar-refractivity contribution in [1.82, 2.24) is 14.9 Å². The van der Waals surface area contributed by atoms with Crippen molar-refractivity contribution in [3.63, 3.8) is 0 Å². The third-order valence-electron chi connectivity index (χ3n) is 8.68. The van der Waals surface area contributed by atoms with E-state index >= 15 is 0 Å². The van der Waals surface area contributed by atoms with Crippen LogP contribution in [0.3, 0.4) is 0 Å². The molecular weight excluding hydrogens is 533 g/mol. The normalized spacial score (nSPS) is 17.7. The van der Waals surface area contributed by atoms with Crippen LogP contribution in [0.15, 0.2) is 48.7 Å². The van der Waals surface area contributed by atoms with E-state index in [4.69, 9.17) is 9.72 Å². The van der Waals surface area contributed by atoms with Crippen LogP contribution in [-0.2, 0) is 20.4 Å². The molecule has 42 heavy (non-hydrogen) atoms. The maximum Gasteiger partial charge on any atom is 0.315 e. The first-order chi connectivity index (χ1) is 19.7. The van der Waals surface area contributed by atoms with Crippen LogP contribution in [0.5, 0.6) is 0 Å². The van der Waals surface area contributed by atoms with Crippen LogP contribution in [-0.4, -0.2) is 65.6 Å². The Bertz CT molecular complexity index is 1530. The standard InChI is InChI=1S/C33H40FN5O3/c1-21-9-11-23(17-24(21)34)38-19-31(2,3)28-26(38)13-12-25(36-28)29(40)39-16-15-37(20-32(39,4)5)27-14-10-22(18-35-27)33(6,7)30(41)42-8/h9-14,17-18H,15-16,19-20H2,1-8H3. The number of carbonyl (C=O) groups excluding carboxylic acids is 2. The molecule has 0 saturated carbocycles. The lowest BCUT2D eigenvalue weighted by molar-refractivity contribution is -0.146. The van der Waals surface area contributed by atoms with Crippen molar-refractivity contribution in [1.29, 1.82) is 0 Å². The van der Waals surface area contributed by atoms with Crippen molar-refractivity contribution in [2.24, 2.45) is 0 Å². The van der Waals surface area contributed by atoms with Gasteiger partial charge in [0, 0.05) is 43.5 Å². The monoisotopic (exact) mass is 573 g/mol. The topological polar surface area (TPSA) is 78.9 Å². The largest absolute Gasteiger partial charge is 0.468 e. The summed E-state index contributed by atoms with van der Waals surface area (Å²) in [7, 11) is 1.39.